The molecule has 7 nitrogen and oxygen atoms in total. The monoisotopic (exact) mass is 524 g/mol. The average molecular weight is 524 g/mol. The Morgan fingerprint density at radius 2 is 1.59 bits per heavy atom. The summed E-state index contributed by atoms with van der Waals surface area (Å²) in [4.78, 5) is 26.3. The Morgan fingerprint density at radius 3 is 2.14 bits per heavy atom. The number of hydrogen-bond acceptors (Lipinski definition) is 6. The molecule has 1 N–H and O–H groups in total. The minimum atomic E-state index is -6.04. The zero-order chi connectivity index (χ0) is 27.2. The maximum absolute atomic E-state index is 13.5. The molecule has 0 amide bonds. The second-order valence-corrected chi connectivity index (χ2v) is 8.13. The first-order valence-electron chi connectivity index (χ1n) is 10.6. The van der Waals surface area contributed by atoms with E-state index in [0.717, 1.165) is 16.7 Å². The lowest BCUT2D eigenvalue weighted by Crippen LogP contribution is -2.53. The Kier molecular flexibility index (Phi) is 6.44. The van der Waals surface area contributed by atoms with Crippen LogP contribution in [0.2, 0.25) is 0 Å². The highest BCUT2D eigenvalue weighted by Gasteiger charge is 2.71. The van der Waals surface area contributed by atoms with Gasteiger partial charge >= 0.3 is 12.4 Å². The van der Waals surface area contributed by atoms with E-state index >= 15 is 0 Å². The van der Waals surface area contributed by atoms with Crippen molar-refractivity contribution in [2.24, 2.45) is 0 Å². The van der Waals surface area contributed by atoms with Crippen LogP contribution in [0.25, 0.3) is 16.6 Å². The molecule has 0 unspecified atom stereocenters. The Bertz CT molecular complexity index is 1480. The maximum atomic E-state index is 13.5. The Labute approximate surface area is 205 Å². The summed E-state index contributed by atoms with van der Waals surface area (Å²) in [5.74, 6) is 0.446. The first-order chi connectivity index (χ1) is 17.3. The van der Waals surface area contributed by atoms with Gasteiger partial charge in [0.15, 0.2) is 0 Å². The summed E-state index contributed by atoms with van der Waals surface area (Å²) in [5, 5.41) is 9.78. The summed E-state index contributed by atoms with van der Waals surface area (Å²) in [6.45, 7) is 1.72. The number of halogens is 6. The van der Waals surface area contributed by atoms with Gasteiger partial charge in [-0.3, -0.25) is 19.3 Å². The van der Waals surface area contributed by atoms with Crippen molar-refractivity contribution >= 4 is 10.9 Å². The van der Waals surface area contributed by atoms with Crippen LogP contribution in [-0.2, 0) is 12.0 Å². The smallest absolute Gasteiger partial charge is 0.430 e. The fourth-order valence-corrected chi connectivity index (χ4v) is 3.73. The van der Waals surface area contributed by atoms with Crippen LogP contribution in [0.3, 0.4) is 0 Å². The molecule has 2 heterocycles. The van der Waals surface area contributed by atoms with Gasteiger partial charge in [-0.2, -0.15) is 26.3 Å². The molecule has 4 aromatic rings. The molecule has 0 spiro atoms. The summed E-state index contributed by atoms with van der Waals surface area (Å²) in [5.41, 5.74) is -5.93. The highest BCUT2D eigenvalue weighted by atomic mass is 19.4. The van der Waals surface area contributed by atoms with Gasteiger partial charge in [0, 0.05) is 18.0 Å². The SMILES string of the molecule is COc1ccc2nc(Cc3cnc(C)cn3)n(-c3ccc(C(O)(C(F)(F)F)C(F)(F)F)cc3)c(=O)c2c1. The van der Waals surface area contributed by atoms with Gasteiger partial charge in [0.2, 0.25) is 0 Å². The van der Waals surface area contributed by atoms with Crippen LogP contribution < -0.4 is 10.3 Å². The molecule has 0 fully saturated rings. The van der Waals surface area contributed by atoms with E-state index in [0.29, 0.717) is 29.3 Å². The summed E-state index contributed by atoms with van der Waals surface area (Å²) < 4.78 is 86.0. The van der Waals surface area contributed by atoms with Gasteiger partial charge < -0.3 is 9.84 Å². The topological polar surface area (TPSA) is 90.1 Å². The van der Waals surface area contributed by atoms with E-state index < -0.39 is 29.1 Å². The number of aliphatic hydroxyl groups is 1. The molecular formula is C24H18F6N4O3. The van der Waals surface area contributed by atoms with E-state index in [2.05, 4.69) is 15.0 Å². The first kappa shape index (κ1) is 26.1. The van der Waals surface area contributed by atoms with Gasteiger partial charge in [0.05, 0.1) is 41.5 Å². The van der Waals surface area contributed by atoms with E-state index in [1.54, 1.807) is 19.1 Å². The number of aromatic nitrogens is 4. The van der Waals surface area contributed by atoms with Crippen LogP contribution in [0.1, 0.15) is 22.8 Å². The second-order valence-electron chi connectivity index (χ2n) is 8.13. The number of alkyl halides is 6. The largest absolute Gasteiger partial charge is 0.497 e. The Hall–Kier alpha value is -4.00. The molecule has 0 aliphatic rings. The van der Waals surface area contributed by atoms with Gasteiger partial charge in [0.25, 0.3) is 11.2 Å². The van der Waals surface area contributed by atoms with E-state index in [-0.39, 0.29) is 28.8 Å². The van der Waals surface area contributed by atoms with Crippen LogP contribution in [-0.4, -0.2) is 44.1 Å². The molecule has 0 radical (unpaired) electrons. The van der Waals surface area contributed by atoms with E-state index in [9.17, 15) is 36.2 Å². The van der Waals surface area contributed by atoms with E-state index in [1.165, 1.54) is 25.6 Å². The van der Waals surface area contributed by atoms with Gasteiger partial charge in [-0.25, -0.2) is 4.98 Å². The predicted octanol–water partition coefficient (Wildman–Crippen LogP) is 4.40. The van der Waals surface area contributed by atoms with Gasteiger partial charge in [-0.15, -0.1) is 0 Å². The maximum Gasteiger partial charge on any atom is 0.430 e. The number of methoxy groups -OCH3 is 1. The van der Waals surface area contributed by atoms with Crippen molar-refractivity contribution in [2.45, 2.75) is 31.3 Å². The number of rotatable bonds is 5. The average Bonchev–Trinajstić information content (AvgIpc) is 2.84. The minimum absolute atomic E-state index is 0.0265. The quantitative estimate of drug-likeness (QED) is 0.390. The normalized spacial score (nSPS) is 12.7. The summed E-state index contributed by atoms with van der Waals surface area (Å²) in [7, 11) is 1.39. The highest BCUT2D eigenvalue weighted by Crippen LogP contribution is 2.50. The fraction of sp³-hybridized carbons (Fsp3) is 0.250. The van der Waals surface area contributed by atoms with Crippen molar-refractivity contribution < 1.29 is 36.2 Å². The van der Waals surface area contributed by atoms with Gasteiger partial charge in [-0.05, 0) is 37.3 Å². The lowest BCUT2D eigenvalue weighted by Gasteiger charge is -2.32. The van der Waals surface area contributed by atoms with Crippen molar-refractivity contribution in [2.75, 3.05) is 7.11 Å². The summed E-state index contributed by atoms with van der Waals surface area (Å²) in [6.07, 6.45) is -9.16. The number of benzene rings is 2. The number of hydrogen-bond donors (Lipinski definition) is 1. The van der Waals surface area contributed by atoms with Crippen LogP contribution in [0, 0.1) is 6.92 Å². The molecular weight excluding hydrogens is 506 g/mol. The first-order valence-corrected chi connectivity index (χ1v) is 10.6. The highest BCUT2D eigenvalue weighted by molar-refractivity contribution is 5.79. The number of ether oxygens (including phenoxy) is 1. The molecule has 0 atom stereocenters. The molecule has 0 bridgehead atoms. The molecule has 2 aromatic heterocycles. The van der Waals surface area contributed by atoms with Crippen LogP contribution in [0.15, 0.2) is 59.7 Å². The zero-order valence-corrected chi connectivity index (χ0v) is 19.2. The van der Waals surface area contributed by atoms with Crippen LogP contribution in [0.4, 0.5) is 26.3 Å². The predicted molar refractivity (Wildman–Crippen MR) is 119 cm³/mol. The number of fused-ring (bicyclic) bond motifs is 1. The third-order valence-electron chi connectivity index (χ3n) is 5.68. The minimum Gasteiger partial charge on any atom is -0.497 e. The molecule has 37 heavy (non-hydrogen) atoms. The number of nitrogens with zero attached hydrogens (tertiary/aromatic N) is 4. The second kappa shape index (κ2) is 9.14. The van der Waals surface area contributed by atoms with Crippen molar-refractivity contribution in [1.29, 1.82) is 0 Å². The van der Waals surface area contributed by atoms with Crippen LogP contribution in [0.5, 0.6) is 5.75 Å². The van der Waals surface area contributed by atoms with Crippen molar-refractivity contribution in [3.63, 3.8) is 0 Å². The molecule has 4 rings (SSSR count). The van der Waals surface area contributed by atoms with E-state index in [4.69, 9.17) is 4.74 Å². The summed E-state index contributed by atoms with van der Waals surface area (Å²) >= 11 is 0. The fourth-order valence-electron chi connectivity index (χ4n) is 3.73. The molecule has 0 aliphatic heterocycles. The van der Waals surface area contributed by atoms with Crippen LogP contribution >= 0.6 is 0 Å². The lowest BCUT2D eigenvalue weighted by atomic mass is 9.92. The lowest BCUT2D eigenvalue weighted by molar-refractivity contribution is -0.376. The van der Waals surface area contributed by atoms with E-state index in [1.807, 2.05) is 0 Å². The van der Waals surface area contributed by atoms with Gasteiger partial charge in [-0.1, -0.05) is 12.1 Å². The van der Waals surface area contributed by atoms with Gasteiger partial charge in [0.1, 0.15) is 11.6 Å². The van der Waals surface area contributed by atoms with Crippen molar-refractivity contribution in [3.8, 4) is 11.4 Å². The number of aryl methyl sites for hydroxylation is 1. The molecule has 2 aromatic carbocycles. The summed E-state index contributed by atoms with van der Waals surface area (Å²) in [6, 6.07) is 7.21. The third kappa shape index (κ3) is 4.61. The third-order valence-corrected chi connectivity index (χ3v) is 5.68. The molecule has 194 valence electrons. The Morgan fingerprint density at radius 1 is 0.946 bits per heavy atom. The molecule has 0 saturated heterocycles. The van der Waals surface area contributed by atoms with Crippen molar-refractivity contribution in [3.05, 3.63) is 88.0 Å². The van der Waals surface area contributed by atoms with Crippen molar-refractivity contribution in [1.82, 2.24) is 19.5 Å². The molecule has 0 saturated carbocycles. The Balaban J connectivity index is 1.91. The molecule has 13 heteroatoms. The molecule has 0 aliphatic carbocycles. The zero-order valence-electron chi connectivity index (χ0n) is 19.2. The standard InChI is InChI=1S/C24H18F6N4O3/c1-13-11-32-15(12-31-13)9-20-33-19-8-7-17(37-2)10-18(19)21(35)34(20)16-5-3-14(4-6-16)22(36,23(25,26)27)24(28,29)30/h3-8,10-12,36H,9H2,1-2H3.